The summed E-state index contributed by atoms with van der Waals surface area (Å²) in [6.07, 6.45) is 2.03. The molecule has 0 fully saturated rings. The first-order chi connectivity index (χ1) is 16.4. The summed E-state index contributed by atoms with van der Waals surface area (Å²) >= 11 is 0. The number of aromatic nitrogens is 1. The maximum atomic E-state index is 13.4. The first kappa shape index (κ1) is 25.1. The van der Waals surface area contributed by atoms with Gasteiger partial charge in [0, 0.05) is 38.4 Å². The number of ether oxygens (including phenoxy) is 1. The van der Waals surface area contributed by atoms with Crippen LogP contribution in [0.2, 0.25) is 0 Å². The average molecular weight is 462 g/mol. The van der Waals surface area contributed by atoms with Crippen molar-refractivity contribution in [3.8, 4) is 5.75 Å². The van der Waals surface area contributed by atoms with Crippen LogP contribution in [-0.4, -0.2) is 46.4 Å². The average Bonchev–Trinajstić information content (AvgIpc) is 3.25. The zero-order chi connectivity index (χ0) is 24.5. The zero-order valence-electron chi connectivity index (χ0n) is 20.6. The molecule has 180 valence electrons. The Morgan fingerprint density at radius 2 is 1.65 bits per heavy atom. The fraction of sp³-hybridized carbons (Fsp3) is 0.357. The van der Waals surface area contributed by atoms with E-state index in [0.29, 0.717) is 32.1 Å². The second kappa shape index (κ2) is 12.1. The molecule has 6 nitrogen and oxygen atoms in total. The molecular weight excluding hydrogens is 426 g/mol. The van der Waals surface area contributed by atoms with E-state index in [2.05, 4.69) is 10.6 Å². The van der Waals surface area contributed by atoms with Gasteiger partial charge in [-0.2, -0.15) is 0 Å². The highest BCUT2D eigenvalue weighted by Gasteiger charge is 2.21. The van der Waals surface area contributed by atoms with Crippen molar-refractivity contribution >= 4 is 11.8 Å². The van der Waals surface area contributed by atoms with Gasteiger partial charge in [0.15, 0.2) is 0 Å². The highest BCUT2D eigenvalue weighted by molar-refractivity contribution is 5.83. The molecule has 0 aliphatic rings. The number of carbonyl (C=O) groups is 2. The van der Waals surface area contributed by atoms with Gasteiger partial charge in [0.1, 0.15) is 5.75 Å². The van der Waals surface area contributed by atoms with Crippen molar-refractivity contribution in [2.45, 2.75) is 40.4 Å². The second-order valence-electron chi connectivity index (χ2n) is 9.01. The Balaban J connectivity index is 1.81. The van der Waals surface area contributed by atoms with Crippen LogP contribution in [0.4, 0.5) is 0 Å². The Bertz CT molecular complexity index is 1080. The van der Waals surface area contributed by atoms with E-state index in [4.69, 9.17) is 4.74 Å². The lowest BCUT2D eigenvalue weighted by Crippen LogP contribution is -2.43. The van der Waals surface area contributed by atoms with Gasteiger partial charge >= 0.3 is 0 Å². The van der Waals surface area contributed by atoms with E-state index in [-0.39, 0.29) is 18.4 Å². The van der Waals surface area contributed by atoms with Crippen LogP contribution < -0.4 is 4.74 Å². The van der Waals surface area contributed by atoms with Crippen LogP contribution in [0.15, 0.2) is 72.9 Å². The largest absolute Gasteiger partial charge is 0.497 e. The summed E-state index contributed by atoms with van der Waals surface area (Å²) in [5, 5.41) is 0. The smallest absolute Gasteiger partial charge is 0.242 e. The quantitative estimate of drug-likeness (QED) is 0.420. The maximum absolute atomic E-state index is 13.4. The van der Waals surface area contributed by atoms with Crippen LogP contribution in [0, 0.1) is 5.92 Å². The van der Waals surface area contributed by atoms with Crippen molar-refractivity contribution < 1.29 is 14.3 Å². The van der Waals surface area contributed by atoms with Crippen molar-refractivity contribution in [3.63, 3.8) is 0 Å². The minimum Gasteiger partial charge on any atom is -0.497 e. The van der Waals surface area contributed by atoms with Gasteiger partial charge in [-0.05, 0) is 41.3 Å². The lowest BCUT2D eigenvalue weighted by molar-refractivity contribution is -0.140. The Labute approximate surface area is 202 Å². The molecule has 0 spiro atoms. The monoisotopic (exact) mass is 461 g/mol. The molecule has 0 radical (unpaired) electrons. The first-order valence-electron chi connectivity index (χ1n) is 11.7. The van der Waals surface area contributed by atoms with Gasteiger partial charge in [0.05, 0.1) is 20.2 Å². The molecule has 0 atom stereocenters. The molecule has 0 saturated carbocycles. The number of hydrogen-bond acceptors (Lipinski definition) is 3. The summed E-state index contributed by atoms with van der Waals surface area (Å²) in [7, 11) is 1.66. The standard InChI is InChI=1S/C28H35N3O3/c1-22(2)17-30(23(3)32)21-28(33)31(18-24-10-6-5-7-11-24)20-26-13-9-15-29(26)19-25-12-8-14-27(16-25)34-4/h5-16,22H,17-21H2,1-4H3. The van der Waals surface area contributed by atoms with Gasteiger partial charge in [-0.3, -0.25) is 9.59 Å². The summed E-state index contributed by atoms with van der Waals surface area (Å²) in [6, 6.07) is 22.0. The molecule has 1 heterocycles. The predicted molar refractivity (Wildman–Crippen MR) is 134 cm³/mol. The van der Waals surface area contributed by atoms with E-state index < -0.39 is 0 Å². The Kier molecular flexibility index (Phi) is 8.91. The number of hydrogen-bond donors (Lipinski definition) is 0. The molecule has 2 amide bonds. The molecule has 0 aliphatic carbocycles. The van der Waals surface area contributed by atoms with Crippen molar-refractivity contribution in [2.24, 2.45) is 5.92 Å². The van der Waals surface area contributed by atoms with Crippen LogP contribution in [0.25, 0.3) is 0 Å². The Morgan fingerprint density at radius 3 is 2.32 bits per heavy atom. The van der Waals surface area contributed by atoms with E-state index in [1.54, 1.807) is 12.0 Å². The van der Waals surface area contributed by atoms with Gasteiger partial charge in [0.2, 0.25) is 11.8 Å². The van der Waals surface area contributed by atoms with Crippen molar-refractivity contribution in [1.29, 1.82) is 0 Å². The van der Waals surface area contributed by atoms with Crippen molar-refractivity contribution in [3.05, 3.63) is 89.7 Å². The van der Waals surface area contributed by atoms with E-state index >= 15 is 0 Å². The van der Waals surface area contributed by atoms with E-state index in [0.717, 1.165) is 22.6 Å². The van der Waals surface area contributed by atoms with Crippen LogP contribution in [0.5, 0.6) is 5.75 Å². The normalized spacial score (nSPS) is 10.9. The number of carbonyl (C=O) groups excluding carboxylic acids is 2. The van der Waals surface area contributed by atoms with E-state index in [9.17, 15) is 9.59 Å². The van der Waals surface area contributed by atoms with Gasteiger partial charge in [0.25, 0.3) is 0 Å². The second-order valence-corrected chi connectivity index (χ2v) is 9.01. The Hall–Kier alpha value is -3.54. The van der Waals surface area contributed by atoms with Crippen molar-refractivity contribution in [1.82, 2.24) is 14.4 Å². The minimum absolute atomic E-state index is 0.0613. The summed E-state index contributed by atoms with van der Waals surface area (Å²) in [6.45, 7) is 7.89. The third-order valence-electron chi connectivity index (χ3n) is 5.69. The molecule has 0 bridgehead atoms. The molecule has 1 aromatic heterocycles. The number of benzene rings is 2. The molecule has 2 aromatic carbocycles. The van der Waals surface area contributed by atoms with Gasteiger partial charge in [-0.25, -0.2) is 0 Å². The fourth-order valence-electron chi connectivity index (χ4n) is 3.95. The third-order valence-corrected chi connectivity index (χ3v) is 5.69. The summed E-state index contributed by atoms with van der Waals surface area (Å²) < 4.78 is 7.51. The Morgan fingerprint density at radius 1 is 0.912 bits per heavy atom. The number of nitrogens with zero attached hydrogens (tertiary/aromatic N) is 3. The topological polar surface area (TPSA) is 54.8 Å². The van der Waals surface area contributed by atoms with E-state index in [1.165, 1.54) is 6.92 Å². The summed E-state index contributed by atoms with van der Waals surface area (Å²) in [5.74, 6) is 0.970. The molecule has 0 unspecified atom stereocenters. The van der Waals surface area contributed by atoms with Crippen LogP contribution in [-0.2, 0) is 29.2 Å². The number of rotatable bonds is 11. The summed E-state index contributed by atoms with van der Waals surface area (Å²) in [5.41, 5.74) is 3.21. The van der Waals surface area contributed by atoms with Gasteiger partial charge < -0.3 is 19.1 Å². The van der Waals surface area contributed by atoms with Gasteiger partial charge in [-0.1, -0.05) is 56.3 Å². The molecule has 0 saturated heterocycles. The molecule has 3 aromatic rings. The number of methoxy groups -OCH3 is 1. The third kappa shape index (κ3) is 7.24. The molecule has 3 rings (SSSR count). The molecule has 34 heavy (non-hydrogen) atoms. The molecule has 0 aliphatic heterocycles. The van der Waals surface area contributed by atoms with E-state index in [1.807, 2.05) is 85.6 Å². The molecule has 0 N–H and O–H groups in total. The van der Waals surface area contributed by atoms with Crippen LogP contribution in [0.3, 0.4) is 0 Å². The minimum atomic E-state index is -0.0805. The summed E-state index contributed by atoms with van der Waals surface area (Å²) in [4.78, 5) is 29.1. The number of amides is 2. The SMILES string of the molecule is COc1cccc(Cn2cccc2CN(Cc2ccccc2)C(=O)CN(CC(C)C)C(C)=O)c1. The predicted octanol–water partition coefficient (Wildman–Crippen LogP) is 4.58. The lowest BCUT2D eigenvalue weighted by Gasteiger charge is -2.28. The zero-order valence-corrected chi connectivity index (χ0v) is 20.6. The molecule has 6 heteroatoms. The first-order valence-corrected chi connectivity index (χ1v) is 11.7. The van der Waals surface area contributed by atoms with Crippen LogP contribution in [0.1, 0.15) is 37.6 Å². The fourth-order valence-corrected chi connectivity index (χ4v) is 3.95. The molecular formula is C28H35N3O3. The lowest BCUT2D eigenvalue weighted by atomic mass is 10.2. The van der Waals surface area contributed by atoms with Crippen molar-refractivity contribution in [2.75, 3.05) is 20.2 Å². The highest BCUT2D eigenvalue weighted by Crippen LogP contribution is 2.17. The maximum Gasteiger partial charge on any atom is 0.242 e. The van der Waals surface area contributed by atoms with Gasteiger partial charge in [-0.15, -0.1) is 0 Å². The van der Waals surface area contributed by atoms with Crippen LogP contribution >= 0.6 is 0 Å². The highest BCUT2D eigenvalue weighted by atomic mass is 16.5.